The molecule has 2 unspecified atom stereocenters. The molecule has 12 atom stereocenters. The molecule has 4 aliphatic carbocycles. The summed E-state index contributed by atoms with van der Waals surface area (Å²) in [7, 11) is -4.63. The quantitative estimate of drug-likeness (QED) is 0.0215. The van der Waals surface area contributed by atoms with E-state index in [4.69, 9.17) is 48.4 Å². The number of thiazole rings is 2. The summed E-state index contributed by atoms with van der Waals surface area (Å²) in [6, 6.07) is 21.4. The van der Waals surface area contributed by atoms with Gasteiger partial charge in [0.2, 0.25) is 26.6 Å². The van der Waals surface area contributed by atoms with Crippen LogP contribution >= 0.6 is 37.4 Å². The van der Waals surface area contributed by atoms with E-state index in [1.165, 1.54) is 0 Å². The molecule has 3 aromatic carbocycles. The van der Waals surface area contributed by atoms with Crippen molar-refractivity contribution in [1.82, 2.24) is 29.7 Å². The van der Waals surface area contributed by atoms with E-state index in [1.54, 1.807) is 89.2 Å². The summed E-state index contributed by atoms with van der Waals surface area (Å²) in [6.07, 6.45) is 12.7. The number of benzene rings is 3. The van der Waals surface area contributed by atoms with Crippen LogP contribution in [0.3, 0.4) is 0 Å². The minimum atomic E-state index is -4.08. The number of allylic oxidation sites excluding steroid dienone is 2. The molecule has 22 nitrogen and oxygen atoms in total. The maximum absolute atomic E-state index is 15.0. The normalized spacial score (nSPS) is 23.6. The van der Waals surface area contributed by atoms with Gasteiger partial charge in [-0.3, -0.25) is 37.9 Å². The molecule has 6 aliphatic rings. The molecule has 26 heteroatoms. The highest BCUT2D eigenvalue weighted by atomic mass is 32.1. The van der Waals surface area contributed by atoms with E-state index in [9.17, 15) is 47.7 Å². The Bertz CT molecular complexity index is 4920. The standard InChI is InChI=1S/C47H58N3O8PS.C45H62N3O8PS/c1-8-30-25-47(30,59(54,55)34-16-10-9-11-17-34)26-41(51)40-22-33(27-50(40)45(53)36(46(4,5)6)23-44(52)58-31-14-12-13-15-31)57-42-24-38(39-28-60-43(49-39)20-29(2)3)48-37-21-32(56-7)18-19-35(37)42;1-9-11-18-57(52,53)45(24-29(45)10-2)25-39(49)38-21-32(26-48(38)43(51)34(44(5,6)7)22-42(50)56-30-14-12-13-15-30)55-40-23-36(37-27-58-41(47-37)19-28(3)4)46-35-20-31(54-8)16-17-33(35)40/h8-11,16-19,21,24,28-31,33,36,40H,1,12-15,20,22-23,25-27H2,2-7H3,(H,54,55);10,16-17,20,23,27-30,32,34,38H,2,9,11-15,18-19,21-22,24-26H2,1,3-8H3,(H,52,53)/t30-,33-,36-,40+,47-;29-,32-,34-,38+,45-/m11/s1. The first kappa shape index (κ1) is 89.3. The predicted molar refractivity (Wildman–Crippen MR) is 464 cm³/mol. The van der Waals surface area contributed by atoms with E-state index in [0.717, 1.165) is 103 Å². The minimum absolute atomic E-state index is 0.0669. The number of pyridine rings is 2. The van der Waals surface area contributed by atoms with E-state index in [-0.39, 0.29) is 111 Å². The monoisotopic (exact) mass is 1690 g/mol. The largest absolute Gasteiger partial charge is 0.497 e. The first-order valence-corrected chi connectivity index (χ1v) is 47.5. The smallest absolute Gasteiger partial charge is 0.306 e. The number of nitrogens with zero attached hydrogens (tertiary/aromatic N) is 6. The van der Waals surface area contributed by atoms with Crippen molar-refractivity contribution in [3.8, 4) is 45.8 Å². The molecule has 118 heavy (non-hydrogen) atoms. The van der Waals surface area contributed by atoms with Gasteiger partial charge in [-0.2, -0.15) is 0 Å². The number of methoxy groups -OCH3 is 2. The van der Waals surface area contributed by atoms with Gasteiger partial charge in [-0.25, -0.2) is 19.9 Å². The Balaban J connectivity index is 0.000000217. The number of fused-ring (bicyclic) bond motifs is 2. The third-order valence-corrected chi connectivity index (χ3v) is 32.4. The summed E-state index contributed by atoms with van der Waals surface area (Å²) < 4.78 is 64.8. The lowest BCUT2D eigenvalue weighted by Crippen LogP contribution is -2.48. The molecule has 0 bridgehead atoms. The Morgan fingerprint density at radius 2 is 0.992 bits per heavy atom. The van der Waals surface area contributed by atoms with Gasteiger partial charge in [0.05, 0.1) is 118 Å². The van der Waals surface area contributed by atoms with Gasteiger partial charge in [0.1, 0.15) is 47.4 Å². The lowest BCUT2D eigenvalue weighted by molar-refractivity contribution is -0.156. The third-order valence-electron chi connectivity index (χ3n) is 24.8. The molecule has 4 saturated carbocycles. The van der Waals surface area contributed by atoms with E-state index in [0.29, 0.717) is 76.5 Å². The molecule has 2 aliphatic heterocycles. The lowest BCUT2D eigenvalue weighted by Gasteiger charge is -2.35. The average Bonchev–Trinajstić information content (AvgIpc) is 1.56. The number of aromatic nitrogens is 4. The van der Waals surface area contributed by atoms with Gasteiger partial charge in [-0.1, -0.05) is 113 Å². The zero-order chi connectivity index (χ0) is 85.0. The van der Waals surface area contributed by atoms with Crippen LogP contribution in [0.1, 0.15) is 202 Å². The number of rotatable bonds is 34. The molecule has 4 aromatic heterocycles. The number of hydrogen-bond donors (Lipinski definition) is 2. The fraction of sp³-hybridized carbons (Fsp3) is 0.565. The number of esters is 2. The number of carbonyl (C=O) groups excluding carboxylic acids is 6. The zero-order valence-electron chi connectivity index (χ0n) is 70.9. The molecule has 0 radical (unpaired) electrons. The number of ether oxygens (including phenoxy) is 6. The summed E-state index contributed by atoms with van der Waals surface area (Å²) in [6.45, 7) is 30.1. The van der Waals surface area contributed by atoms with Crippen molar-refractivity contribution in [3.05, 3.63) is 125 Å². The second-order valence-corrected chi connectivity index (χ2v) is 43.7. The van der Waals surface area contributed by atoms with Gasteiger partial charge in [-0.05, 0) is 142 Å². The van der Waals surface area contributed by atoms with Crippen molar-refractivity contribution < 1.29 is 76.1 Å². The number of likely N-dealkylation sites (tertiary alicyclic amines) is 2. The van der Waals surface area contributed by atoms with Crippen LogP contribution in [0.5, 0.6) is 23.0 Å². The highest BCUT2D eigenvalue weighted by Gasteiger charge is 2.67. The van der Waals surface area contributed by atoms with Crippen molar-refractivity contribution in [2.75, 3.05) is 33.5 Å². The molecule has 0 spiro atoms. The third kappa shape index (κ3) is 20.3. The van der Waals surface area contributed by atoms with E-state index >= 15 is 0 Å². The second-order valence-electron chi connectivity index (χ2n) is 36.5. The number of ketones is 2. The van der Waals surface area contributed by atoms with Gasteiger partial charge >= 0.3 is 11.9 Å². The van der Waals surface area contributed by atoms with Gasteiger partial charge < -0.3 is 48.0 Å². The maximum Gasteiger partial charge on any atom is 0.306 e. The Labute approximate surface area is 703 Å². The first-order valence-electron chi connectivity index (χ1n) is 42.2. The predicted octanol–water partition coefficient (Wildman–Crippen LogP) is 18.4. The number of unbranched alkanes of at least 4 members (excludes halogenated alkanes) is 1. The summed E-state index contributed by atoms with van der Waals surface area (Å²) in [5.74, 6) is -1.10. The van der Waals surface area contributed by atoms with Crippen LogP contribution in [0.4, 0.5) is 0 Å². The summed E-state index contributed by atoms with van der Waals surface area (Å²) in [4.78, 5) is 132. The Kier molecular flexibility index (Phi) is 28.1. The van der Waals surface area contributed by atoms with Crippen molar-refractivity contribution in [2.45, 2.75) is 251 Å². The van der Waals surface area contributed by atoms with Crippen LogP contribution in [0.15, 0.2) is 115 Å². The number of amides is 2. The van der Waals surface area contributed by atoms with Gasteiger partial charge in [0, 0.05) is 95.8 Å². The number of Topliss-reactive ketones (excluding diaryl/α,β-unsaturated/α-hetero) is 2. The van der Waals surface area contributed by atoms with Crippen molar-refractivity contribution >= 4 is 99.8 Å². The molecular weight excluding hydrogens is 1570 g/mol. The molecule has 2 N–H and O–H groups in total. The highest BCUT2D eigenvalue weighted by Crippen LogP contribution is 2.74. The molecule has 6 heterocycles. The molecule has 2 saturated heterocycles. The number of carbonyl (C=O) groups is 6. The van der Waals surface area contributed by atoms with Crippen molar-refractivity contribution in [1.29, 1.82) is 0 Å². The molecule has 2 amide bonds. The van der Waals surface area contributed by atoms with E-state index < -0.39 is 83.9 Å². The van der Waals surface area contributed by atoms with Crippen LogP contribution in [-0.2, 0) is 60.2 Å². The fourth-order valence-corrected chi connectivity index (χ4v) is 24.9. The molecule has 7 aromatic rings. The molecule has 13 rings (SSSR count). The van der Waals surface area contributed by atoms with Gasteiger partial charge in [-0.15, -0.1) is 35.8 Å². The van der Waals surface area contributed by atoms with Crippen molar-refractivity contribution in [3.63, 3.8) is 0 Å². The Morgan fingerprint density at radius 3 is 1.37 bits per heavy atom. The van der Waals surface area contributed by atoms with E-state index in [2.05, 4.69) is 40.9 Å². The van der Waals surface area contributed by atoms with Gasteiger partial charge in [0.25, 0.3) is 0 Å². The van der Waals surface area contributed by atoms with Crippen LogP contribution in [0.2, 0.25) is 0 Å². The molecule has 636 valence electrons. The summed E-state index contributed by atoms with van der Waals surface area (Å²) in [5.41, 5.74) is 2.69. The number of hydrogen-bond acceptors (Lipinski definition) is 20. The van der Waals surface area contributed by atoms with Crippen molar-refractivity contribution in [2.24, 2.45) is 46.3 Å². The summed E-state index contributed by atoms with van der Waals surface area (Å²) in [5, 5.41) is 5.41. The van der Waals surface area contributed by atoms with Gasteiger partial charge in [0.15, 0.2) is 11.6 Å². The SMILES string of the molecule is C=C[C@@H]1C[C@]1(CC(=O)[C@@H]1C[C@@H](Oc2cc(-c3csc(CC(C)C)n3)nc3cc(OC)ccc23)CN1C(=O)[C@@H](CC(=O)OC1CCCC1)C(C)(C)C)P(=O)(O)CCCC.C=C[C@@H]1C[C@]1(CC(=O)[C@@H]1C[C@@H](Oc2cc(-c3csc(CC(C)C)n3)nc3cc(OC)ccc23)CN1C(=O)[C@@H](CC(=O)OC1CCCC1)C(C)(C)C)P(=O)(O)c1ccccc1. The Hall–Kier alpha value is -7.98. The van der Waals surface area contributed by atoms with Crippen LogP contribution in [0, 0.1) is 46.3 Å². The maximum atomic E-state index is 15.0. The van der Waals surface area contributed by atoms with Crippen LogP contribution in [0.25, 0.3) is 44.6 Å². The van der Waals surface area contributed by atoms with Crippen LogP contribution < -0.4 is 24.3 Å². The second kappa shape index (κ2) is 37.2. The average molecular weight is 1690 g/mol. The Morgan fingerprint density at radius 1 is 0.576 bits per heavy atom. The van der Waals surface area contributed by atoms with Crippen LogP contribution in [-0.4, -0.2) is 155 Å². The summed E-state index contributed by atoms with van der Waals surface area (Å²) >= 11 is 3.18. The van der Waals surface area contributed by atoms with E-state index in [1.807, 2.05) is 108 Å². The molecule has 6 fully saturated rings. The fourth-order valence-electron chi connectivity index (χ4n) is 17.7. The minimum Gasteiger partial charge on any atom is -0.497 e. The first-order chi connectivity index (χ1) is 56.0. The molecular formula is C92H120N6O16P2S2. The lowest BCUT2D eigenvalue weighted by atomic mass is 9.77. The highest BCUT2D eigenvalue weighted by molar-refractivity contribution is 7.68. The zero-order valence-corrected chi connectivity index (χ0v) is 74.3. The topological polar surface area (TPSA) is 290 Å².